The molecule has 0 bridgehead atoms. The van der Waals surface area contributed by atoms with Gasteiger partial charge in [0.2, 0.25) is 5.91 Å². The smallest absolute Gasteiger partial charge is 0.293 e. The number of ether oxygens (including phenoxy) is 2. The highest BCUT2D eigenvalue weighted by atomic mass is 19.2. The van der Waals surface area contributed by atoms with Gasteiger partial charge in [-0.3, -0.25) is 4.79 Å². The number of nitrogens with zero attached hydrogens (tertiary/aromatic N) is 1. The number of rotatable bonds is 8. The Labute approximate surface area is 213 Å². The maximum atomic E-state index is 17.0. The van der Waals surface area contributed by atoms with E-state index in [4.69, 9.17) is 9.47 Å². The van der Waals surface area contributed by atoms with Gasteiger partial charge in [-0.05, 0) is 68.0 Å². The number of alkyl halides is 1. The number of anilines is 2. The molecule has 7 heteroatoms. The lowest BCUT2D eigenvalue weighted by Crippen LogP contribution is -2.63. The first-order chi connectivity index (χ1) is 17.6. The topological polar surface area (TPSA) is 62.8 Å². The van der Waals surface area contributed by atoms with Crippen LogP contribution in [-0.4, -0.2) is 37.6 Å². The van der Waals surface area contributed by atoms with Gasteiger partial charge in [0.05, 0.1) is 18.5 Å². The second-order valence-corrected chi connectivity index (χ2v) is 10.4. The maximum Gasteiger partial charge on any atom is 0.293 e. The minimum atomic E-state index is -2.06. The minimum Gasteiger partial charge on any atom is -0.497 e. The van der Waals surface area contributed by atoms with Gasteiger partial charge in [-0.2, -0.15) is 4.39 Å². The maximum absolute atomic E-state index is 17.0. The van der Waals surface area contributed by atoms with E-state index in [1.54, 1.807) is 36.3 Å². The lowest BCUT2D eigenvalue weighted by molar-refractivity contribution is -0.125. The average Bonchev–Trinajstić information content (AvgIpc) is 3.21. The molecule has 2 aromatic carbocycles. The Kier molecular flexibility index (Phi) is 7.54. The number of methoxy groups -OCH3 is 1. The van der Waals surface area contributed by atoms with Crippen molar-refractivity contribution in [2.75, 3.05) is 23.9 Å². The monoisotopic (exact) mass is 495 g/mol. The minimum absolute atomic E-state index is 0.0567. The third-order valence-electron chi connectivity index (χ3n) is 7.96. The van der Waals surface area contributed by atoms with E-state index >= 15 is 4.39 Å². The molecule has 1 amide bonds. The van der Waals surface area contributed by atoms with Crippen LogP contribution in [0.2, 0.25) is 0 Å². The fourth-order valence-corrected chi connectivity index (χ4v) is 6.10. The quantitative estimate of drug-likeness (QED) is 0.438. The fraction of sp³-hybridized carbons (Fsp3) is 0.552. The van der Waals surface area contributed by atoms with Crippen molar-refractivity contribution < 1.29 is 18.7 Å². The predicted molar refractivity (Wildman–Crippen MR) is 140 cm³/mol. The van der Waals surface area contributed by atoms with E-state index in [1.165, 1.54) is 12.8 Å². The van der Waals surface area contributed by atoms with Crippen molar-refractivity contribution in [2.24, 2.45) is 5.92 Å². The molecule has 1 heterocycles. The van der Waals surface area contributed by atoms with Gasteiger partial charge in [-0.15, -0.1) is 0 Å². The summed E-state index contributed by atoms with van der Waals surface area (Å²) in [7, 11) is 1.60. The van der Waals surface area contributed by atoms with Crippen LogP contribution in [0.25, 0.3) is 0 Å². The summed E-state index contributed by atoms with van der Waals surface area (Å²) in [5.74, 6) is -0.769. The van der Waals surface area contributed by atoms with E-state index in [9.17, 15) is 4.79 Å². The molecule has 0 aromatic heterocycles. The number of amides is 1. The van der Waals surface area contributed by atoms with Gasteiger partial charge in [0.15, 0.2) is 6.61 Å². The Morgan fingerprint density at radius 1 is 1.00 bits per heavy atom. The zero-order valence-electron chi connectivity index (χ0n) is 21.2. The number of fused-ring (bicyclic) bond motifs is 1. The summed E-state index contributed by atoms with van der Waals surface area (Å²) in [5.41, 5.74) is 1.40. The van der Waals surface area contributed by atoms with Crippen LogP contribution in [0.15, 0.2) is 48.5 Å². The molecule has 2 atom stereocenters. The number of nitrogens with one attached hydrogen (secondary N) is 2. The number of benzene rings is 2. The molecule has 36 heavy (non-hydrogen) atoms. The number of halogens is 1. The van der Waals surface area contributed by atoms with Crippen molar-refractivity contribution in [3.63, 3.8) is 0 Å². The molecule has 2 aliphatic carbocycles. The molecule has 1 unspecified atom stereocenters. The Bertz CT molecular complexity index is 1020. The summed E-state index contributed by atoms with van der Waals surface area (Å²) in [6.45, 7) is -0.256. The SMILES string of the molecule is COc1ccc(OC[C@]2(F)Nc3ccccc3N2C(C(=O)NC2CCCCC2)C2CCCCC2)cc1. The van der Waals surface area contributed by atoms with Crippen LogP contribution in [0.5, 0.6) is 11.5 Å². The summed E-state index contributed by atoms with van der Waals surface area (Å²) >= 11 is 0. The molecule has 2 aromatic rings. The van der Waals surface area contributed by atoms with Crippen LogP contribution in [0.3, 0.4) is 0 Å². The molecule has 5 rings (SSSR count). The lowest BCUT2D eigenvalue weighted by Gasteiger charge is -2.43. The second kappa shape index (κ2) is 11.0. The van der Waals surface area contributed by atoms with Gasteiger partial charge in [-0.25, -0.2) is 0 Å². The van der Waals surface area contributed by atoms with Crippen LogP contribution in [0, 0.1) is 5.92 Å². The molecule has 1 aliphatic heterocycles. The third-order valence-corrected chi connectivity index (χ3v) is 7.96. The number of para-hydroxylation sites is 2. The fourth-order valence-electron chi connectivity index (χ4n) is 6.10. The average molecular weight is 496 g/mol. The number of carbonyl (C=O) groups excluding carboxylic acids is 1. The molecule has 2 saturated carbocycles. The van der Waals surface area contributed by atoms with Gasteiger partial charge in [0, 0.05) is 6.04 Å². The Hall–Kier alpha value is -2.96. The molecule has 194 valence electrons. The van der Waals surface area contributed by atoms with Crippen LogP contribution in [0.1, 0.15) is 64.2 Å². The van der Waals surface area contributed by atoms with Crippen LogP contribution >= 0.6 is 0 Å². The molecule has 2 N–H and O–H groups in total. The highest BCUT2D eigenvalue weighted by Gasteiger charge is 2.52. The van der Waals surface area contributed by atoms with Gasteiger partial charge in [0.1, 0.15) is 17.5 Å². The van der Waals surface area contributed by atoms with Crippen molar-refractivity contribution in [3.05, 3.63) is 48.5 Å². The highest BCUT2D eigenvalue weighted by molar-refractivity contribution is 5.90. The van der Waals surface area contributed by atoms with E-state index < -0.39 is 12.0 Å². The number of carbonyl (C=O) groups is 1. The van der Waals surface area contributed by atoms with Gasteiger partial charge < -0.3 is 25.0 Å². The molecular formula is C29H38FN3O3. The number of hydrogen-bond donors (Lipinski definition) is 2. The zero-order valence-corrected chi connectivity index (χ0v) is 21.2. The number of hydrogen-bond acceptors (Lipinski definition) is 5. The summed E-state index contributed by atoms with van der Waals surface area (Å²) in [6, 6.07) is 14.2. The van der Waals surface area contributed by atoms with Gasteiger partial charge >= 0.3 is 0 Å². The highest BCUT2D eigenvalue weighted by Crippen LogP contribution is 2.45. The zero-order chi connectivity index (χ0) is 25.0. The second-order valence-electron chi connectivity index (χ2n) is 10.4. The molecule has 0 spiro atoms. The molecule has 0 saturated heterocycles. The Balaban J connectivity index is 1.44. The Morgan fingerprint density at radius 3 is 2.33 bits per heavy atom. The lowest BCUT2D eigenvalue weighted by atomic mass is 9.82. The first kappa shape index (κ1) is 24.7. The van der Waals surface area contributed by atoms with E-state index in [-0.39, 0.29) is 24.5 Å². The van der Waals surface area contributed by atoms with Crippen molar-refractivity contribution in [2.45, 2.75) is 82.2 Å². The Morgan fingerprint density at radius 2 is 1.64 bits per heavy atom. The van der Waals surface area contributed by atoms with Crippen molar-refractivity contribution in [3.8, 4) is 11.5 Å². The van der Waals surface area contributed by atoms with Crippen molar-refractivity contribution in [1.82, 2.24) is 5.32 Å². The normalized spacial score (nSPS) is 23.4. The van der Waals surface area contributed by atoms with Gasteiger partial charge in [-0.1, -0.05) is 50.7 Å². The molecule has 2 fully saturated rings. The standard InChI is InChI=1S/C29H38FN3O3/c1-35-23-16-18-24(19-17-23)36-20-29(30)32-25-14-8-9-15-26(25)33(29)27(21-10-4-2-5-11-21)28(34)31-22-12-6-3-7-13-22/h8-9,14-19,21-22,27,32H,2-7,10-13,20H2,1H3,(H,31,34)/t27?,29-/m0/s1. The van der Waals surface area contributed by atoms with Crippen LogP contribution in [0.4, 0.5) is 15.8 Å². The van der Waals surface area contributed by atoms with E-state index in [1.807, 2.05) is 24.3 Å². The van der Waals surface area contributed by atoms with Crippen LogP contribution < -0.4 is 25.0 Å². The van der Waals surface area contributed by atoms with E-state index in [0.717, 1.165) is 51.4 Å². The van der Waals surface area contributed by atoms with Crippen molar-refractivity contribution in [1.29, 1.82) is 0 Å². The molecule has 6 nitrogen and oxygen atoms in total. The van der Waals surface area contributed by atoms with Crippen LogP contribution in [-0.2, 0) is 4.79 Å². The van der Waals surface area contributed by atoms with E-state index in [2.05, 4.69) is 10.6 Å². The third kappa shape index (κ3) is 5.25. The summed E-state index contributed by atoms with van der Waals surface area (Å²) in [6.07, 6.45) is 10.7. The van der Waals surface area contributed by atoms with E-state index in [0.29, 0.717) is 22.9 Å². The first-order valence-corrected chi connectivity index (χ1v) is 13.5. The molecule has 3 aliphatic rings. The van der Waals surface area contributed by atoms with Gasteiger partial charge in [0.25, 0.3) is 5.92 Å². The summed E-state index contributed by atoms with van der Waals surface area (Å²) in [5, 5.41) is 6.38. The largest absolute Gasteiger partial charge is 0.497 e. The summed E-state index contributed by atoms with van der Waals surface area (Å²) < 4.78 is 28.2. The first-order valence-electron chi connectivity index (χ1n) is 13.5. The molecular weight excluding hydrogens is 457 g/mol. The predicted octanol–water partition coefficient (Wildman–Crippen LogP) is 6.03. The molecule has 0 radical (unpaired) electrons. The summed E-state index contributed by atoms with van der Waals surface area (Å²) in [4.78, 5) is 15.6. The van der Waals surface area contributed by atoms with Crippen molar-refractivity contribution >= 4 is 17.3 Å².